The Hall–Kier alpha value is -3.05. The third-order valence-corrected chi connectivity index (χ3v) is 4.92. The Labute approximate surface area is 157 Å². The quantitative estimate of drug-likeness (QED) is 0.527. The van der Waals surface area contributed by atoms with E-state index in [0.29, 0.717) is 18.7 Å². The second-order valence-corrected chi connectivity index (χ2v) is 6.61. The lowest BCUT2D eigenvalue weighted by Gasteiger charge is -2.04. The maximum Gasteiger partial charge on any atom is 0.253 e. The summed E-state index contributed by atoms with van der Waals surface area (Å²) in [6.45, 7) is 1.93. The predicted molar refractivity (Wildman–Crippen MR) is 108 cm³/mol. The van der Waals surface area contributed by atoms with Gasteiger partial charge in [-0.3, -0.25) is 4.79 Å². The Bertz CT molecular complexity index is 1080. The van der Waals surface area contributed by atoms with Crippen LogP contribution in [0.1, 0.15) is 15.9 Å². The lowest BCUT2D eigenvalue weighted by molar-refractivity contribution is 0.0955. The maximum atomic E-state index is 12.8. The number of H-pyrrole nitrogens is 1. The molecule has 0 aliphatic heterocycles. The number of aromatic amines is 1. The number of hydrogen-bond acceptors (Lipinski definition) is 2. The summed E-state index contributed by atoms with van der Waals surface area (Å²) in [5.74, 6) is -0.0396. The zero-order valence-electron chi connectivity index (χ0n) is 15.4. The molecule has 0 radical (unpaired) electrons. The van der Waals surface area contributed by atoms with Crippen LogP contribution in [0, 0.1) is 0 Å². The third kappa shape index (κ3) is 3.46. The van der Waals surface area contributed by atoms with Crippen LogP contribution in [0.3, 0.4) is 0 Å². The number of rotatable bonds is 7. The van der Waals surface area contributed by atoms with Crippen molar-refractivity contribution in [3.8, 4) is 0 Å². The van der Waals surface area contributed by atoms with E-state index in [9.17, 15) is 4.79 Å². The Balaban J connectivity index is 1.48. The van der Waals surface area contributed by atoms with Crippen LogP contribution < -0.4 is 5.32 Å². The van der Waals surface area contributed by atoms with E-state index in [0.717, 1.165) is 29.4 Å². The summed E-state index contributed by atoms with van der Waals surface area (Å²) in [5, 5.41) is 5.25. The summed E-state index contributed by atoms with van der Waals surface area (Å²) in [5.41, 5.74) is 4.10. The van der Waals surface area contributed by atoms with Crippen LogP contribution in [-0.4, -0.2) is 35.7 Å². The lowest BCUT2D eigenvalue weighted by Crippen LogP contribution is -2.25. The molecule has 0 unspecified atom stereocenters. The molecule has 0 spiro atoms. The SMILES string of the molecule is COCCn1cc(C(=O)NCCc2c[nH]c3ccccc23)c2ccccc21. The van der Waals surface area contributed by atoms with Crippen LogP contribution >= 0.6 is 0 Å². The van der Waals surface area contributed by atoms with Gasteiger partial charge in [-0.15, -0.1) is 0 Å². The number of carbonyl (C=O) groups is 1. The van der Waals surface area contributed by atoms with Gasteiger partial charge in [0, 0.05) is 54.4 Å². The molecule has 0 saturated heterocycles. The second-order valence-electron chi connectivity index (χ2n) is 6.61. The van der Waals surface area contributed by atoms with E-state index in [4.69, 9.17) is 4.74 Å². The van der Waals surface area contributed by atoms with E-state index in [1.807, 2.05) is 48.8 Å². The molecule has 4 aromatic rings. The van der Waals surface area contributed by atoms with Crippen molar-refractivity contribution in [3.63, 3.8) is 0 Å². The first-order valence-electron chi connectivity index (χ1n) is 9.18. The van der Waals surface area contributed by atoms with Gasteiger partial charge >= 0.3 is 0 Å². The number of aromatic nitrogens is 2. The molecule has 1 amide bonds. The highest BCUT2D eigenvalue weighted by Gasteiger charge is 2.14. The van der Waals surface area contributed by atoms with E-state index in [1.165, 1.54) is 10.9 Å². The molecule has 2 N–H and O–H groups in total. The fourth-order valence-electron chi connectivity index (χ4n) is 3.55. The molecule has 0 saturated carbocycles. The Morgan fingerprint density at radius 1 is 1.11 bits per heavy atom. The second kappa shape index (κ2) is 7.68. The number of hydrogen-bond donors (Lipinski definition) is 2. The van der Waals surface area contributed by atoms with E-state index < -0.39 is 0 Å². The minimum atomic E-state index is -0.0396. The first-order valence-corrected chi connectivity index (χ1v) is 9.18. The fraction of sp³-hybridized carbons (Fsp3) is 0.227. The first-order chi connectivity index (χ1) is 13.3. The number of fused-ring (bicyclic) bond motifs is 2. The number of carbonyl (C=O) groups excluding carboxylic acids is 1. The Morgan fingerprint density at radius 3 is 2.74 bits per heavy atom. The fourth-order valence-corrected chi connectivity index (χ4v) is 3.55. The molecule has 4 rings (SSSR count). The normalized spacial score (nSPS) is 11.3. The van der Waals surface area contributed by atoms with Crippen LogP contribution in [0.2, 0.25) is 0 Å². The van der Waals surface area contributed by atoms with Gasteiger partial charge in [0.2, 0.25) is 0 Å². The van der Waals surface area contributed by atoms with Crippen molar-refractivity contribution < 1.29 is 9.53 Å². The van der Waals surface area contributed by atoms with Gasteiger partial charge in [0.15, 0.2) is 0 Å². The van der Waals surface area contributed by atoms with Crippen molar-refractivity contribution in [2.45, 2.75) is 13.0 Å². The molecule has 2 aromatic carbocycles. The van der Waals surface area contributed by atoms with Crippen LogP contribution in [0.15, 0.2) is 60.9 Å². The zero-order chi connectivity index (χ0) is 18.6. The number of benzene rings is 2. The summed E-state index contributed by atoms with van der Waals surface area (Å²) in [6, 6.07) is 16.2. The van der Waals surface area contributed by atoms with Crippen molar-refractivity contribution in [1.82, 2.24) is 14.9 Å². The van der Waals surface area contributed by atoms with Gasteiger partial charge < -0.3 is 19.6 Å². The number of methoxy groups -OCH3 is 1. The van der Waals surface area contributed by atoms with Crippen molar-refractivity contribution >= 4 is 27.7 Å². The van der Waals surface area contributed by atoms with Crippen LogP contribution in [0.25, 0.3) is 21.8 Å². The summed E-state index contributed by atoms with van der Waals surface area (Å²) in [4.78, 5) is 16.1. The van der Waals surface area contributed by atoms with Crippen LogP contribution in [0.5, 0.6) is 0 Å². The van der Waals surface area contributed by atoms with Crippen LogP contribution in [0.4, 0.5) is 0 Å². The number of amides is 1. The summed E-state index contributed by atoms with van der Waals surface area (Å²) >= 11 is 0. The molecule has 0 fully saturated rings. The lowest BCUT2D eigenvalue weighted by atomic mass is 10.1. The Morgan fingerprint density at radius 2 is 1.89 bits per heavy atom. The number of nitrogens with zero attached hydrogens (tertiary/aromatic N) is 1. The minimum absolute atomic E-state index is 0.0396. The molecule has 5 heteroatoms. The largest absolute Gasteiger partial charge is 0.383 e. The first kappa shape index (κ1) is 17.4. The molecule has 2 heterocycles. The molecule has 0 bridgehead atoms. The number of nitrogens with one attached hydrogen (secondary N) is 2. The number of para-hydroxylation sites is 2. The zero-order valence-corrected chi connectivity index (χ0v) is 15.4. The topological polar surface area (TPSA) is 59.0 Å². The van der Waals surface area contributed by atoms with Gasteiger partial charge in [0.05, 0.1) is 12.2 Å². The van der Waals surface area contributed by atoms with Gasteiger partial charge in [0.1, 0.15) is 0 Å². The van der Waals surface area contributed by atoms with Gasteiger partial charge in [-0.1, -0.05) is 36.4 Å². The number of ether oxygens (including phenoxy) is 1. The summed E-state index contributed by atoms with van der Waals surface area (Å²) in [6.07, 6.45) is 4.73. The Kier molecular flexibility index (Phi) is 4.94. The highest BCUT2D eigenvalue weighted by molar-refractivity contribution is 6.07. The molecule has 2 aromatic heterocycles. The van der Waals surface area contributed by atoms with E-state index in [2.05, 4.69) is 27.0 Å². The van der Waals surface area contributed by atoms with Crippen molar-refractivity contribution in [2.75, 3.05) is 20.3 Å². The molecule has 138 valence electrons. The molecule has 27 heavy (non-hydrogen) atoms. The van der Waals surface area contributed by atoms with Crippen LogP contribution in [-0.2, 0) is 17.7 Å². The van der Waals surface area contributed by atoms with Gasteiger partial charge in [-0.05, 0) is 24.1 Å². The average Bonchev–Trinajstić information content (AvgIpc) is 3.28. The highest BCUT2D eigenvalue weighted by atomic mass is 16.5. The highest BCUT2D eigenvalue weighted by Crippen LogP contribution is 2.22. The molecule has 0 aliphatic rings. The maximum absolute atomic E-state index is 12.8. The smallest absolute Gasteiger partial charge is 0.253 e. The van der Waals surface area contributed by atoms with Crippen molar-refractivity contribution in [3.05, 3.63) is 72.1 Å². The molecular weight excluding hydrogens is 338 g/mol. The van der Waals surface area contributed by atoms with E-state index in [-0.39, 0.29) is 5.91 Å². The van der Waals surface area contributed by atoms with Gasteiger partial charge in [-0.2, -0.15) is 0 Å². The molecule has 0 atom stereocenters. The van der Waals surface area contributed by atoms with Crippen molar-refractivity contribution in [2.24, 2.45) is 0 Å². The van der Waals surface area contributed by atoms with Gasteiger partial charge in [0.25, 0.3) is 5.91 Å². The molecule has 0 aliphatic carbocycles. The van der Waals surface area contributed by atoms with Gasteiger partial charge in [-0.25, -0.2) is 0 Å². The minimum Gasteiger partial charge on any atom is -0.383 e. The molecule has 5 nitrogen and oxygen atoms in total. The standard InChI is InChI=1S/C22H23N3O2/c1-27-13-12-25-15-19(18-7-3-5-9-21(18)25)22(26)23-11-10-16-14-24-20-8-4-2-6-17(16)20/h2-9,14-15,24H,10-13H2,1H3,(H,23,26). The summed E-state index contributed by atoms with van der Waals surface area (Å²) < 4.78 is 7.26. The van der Waals surface area contributed by atoms with E-state index in [1.54, 1.807) is 7.11 Å². The predicted octanol–water partition coefficient (Wildman–Crippen LogP) is 3.74. The third-order valence-electron chi connectivity index (χ3n) is 4.92. The molecular formula is C22H23N3O2. The van der Waals surface area contributed by atoms with E-state index >= 15 is 0 Å². The summed E-state index contributed by atoms with van der Waals surface area (Å²) in [7, 11) is 1.68. The monoisotopic (exact) mass is 361 g/mol. The average molecular weight is 361 g/mol. The van der Waals surface area contributed by atoms with Crippen molar-refractivity contribution in [1.29, 1.82) is 0 Å².